The van der Waals surface area contributed by atoms with Crippen LogP contribution in [-0.2, 0) is 9.47 Å². The third kappa shape index (κ3) is 4.15. The number of ether oxygens (including phenoxy) is 2. The molecule has 2 atom stereocenters. The molecule has 0 bridgehead atoms. The summed E-state index contributed by atoms with van der Waals surface area (Å²) >= 11 is 2.60. The Morgan fingerprint density at radius 2 is 1.56 bits per heavy atom. The van der Waals surface area contributed by atoms with Crippen molar-refractivity contribution in [2.24, 2.45) is 0 Å². The smallest absolute Gasteiger partial charge is 0.0696 e. The maximum Gasteiger partial charge on any atom is 0.0696 e. The summed E-state index contributed by atoms with van der Waals surface area (Å²) in [4.78, 5) is 0. The van der Waals surface area contributed by atoms with Gasteiger partial charge in [0.1, 0.15) is 0 Å². The summed E-state index contributed by atoms with van der Waals surface area (Å²) < 4.78 is 12.4. The van der Waals surface area contributed by atoms with E-state index in [0.29, 0.717) is 12.2 Å². The van der Waals surface area contributed by atoms with E-state index in [1.807, 2.05) is 0 Å². The van der Waals surface area contributed by atoms with E-state index in [4.69, 9.17) is 9.47 Å². The SMILES string of the molecule is IC1CCCCCCC1OC1CCOCC1. The molecule has 16 heavy (non-hydrogen) atoms. The number of alkyl halides is 1. The first-order chi connectivity index (χ1) is 7.86. The Bertz CT molecular complexity index is 192. The molecule has 2 nitrogen and oxygen atoms in total. The molecule has 94 valence electrons. The molecule has 2 fully saturated rings. The number of rotatable bonds is 2. The quantitative estimate of drug-likeness (QED) is 0.565. The van der Waals surface area contributed by atoms with E-state index >= 15 is 0 Å². The van der Waals surface area contributed by atoms with Gasteiger partial charge in [-0.25, -0.2) is 0 Å². The van der Waals surface area contributed by atoms with Gasteiger partial charge in [0.25, 0.3) is 0 Å². The molecule has 1 saturated heterocycles. The van der Waals surface area contributed by atoms with Crippen molar-refractivity contribution >= 4 is 22.6 Å². The molecule has 0 N–H and O–H groups in total. The lowest BCUT2D eigenvalue weighted by Gasteiger charge is -2.31. The molecule has 0 amide bonds. The van der Waals surface area contributed by atoms with Gasteiger partial charge in [-0.05, 0) is 25.7 Å². The highest BCUT2D eigenvalue weighted by Gasteiger charge is 2.25. The Labute approximate surface area is 113 Å². The van der Waals surface area contributed by atoms with Crippen molar-refractivity contribution in [3.63, 3.8) is 0 Å². The van der Waals surface area contributed by atoms with Crippen LogP contribution in [0, 0.1) is 0 Å². The van der Waals surface area contributed by atoms with Crippen LogP contribution in [-0.4, -0.2) is 29.3 Å². The largest absolute Gasteiger partial charge is 0.381 e. The summed E-state index contributed by atoms with van der Waals surface area (Å²) in [6.45, 7) is 1.78. The first kappa shape index (κ1) is 13.1. The normalized spacial score (nSPS) is 34.3. The van der Waals surface area contributed by atoms with E-state index < -0.39 is 0 Å². The maximum absolute atomic E-state index is 6.29. The molecular weight excluding hydrogens is 315 g/mol. The lowest BCUT2D eigenvalue weighted by molar-refractivity contribution is -0.0712. The van der Waals surface area contributed by atoms with Crippen LogP contribution in [0.4, 0.5) is 0 Å². The van der Waals surface area contributed by atoms with Crippen LogP contribution >= 0.6 is 22.6 Å². The average Bonchev–Trinajstić information content (AvgIpc) is 2.30. The average molecular weight is 338 g/mol. The molecule has 1 aliphatic carbocycles. The van der Waals surface area contributed by atoms with Gasteiger partial charge in [0.15, 0.2) is 0 Å². The Kier molecular flexibility index (Phi) is 5.86. The Hall–Kier alpha value is 0.650. The van der Waals surface area contributed by atoms with Gasteiger partial charge in [0, 0.05) is 17.1 Å². The first-order valence-corrected chi connectivity index (χ1v) is 7.98. The summed E-state index contributed by atoms with van der Waals surface area (Å²) in [6, 6.07) is 0. The Morgan fingerprint density at radius 1 is 0.875 bits per heavy atom. The number of hydrogen-bond donors (Lipinski definition) is 0. The molecule has 0 aromatic carbocycles. The molecular formula is C13H23IO2. The van der Waals surface area contributed by atoms with E-state index in [9.17, 15) is 0 Å². The van der Waals surface area contributed by atoms with Crippen molar-refractivity contribution in [1.29, 1.82) is 0 Å². The molecule has 0 radical (unpaired) electrons. The van der Waals surface area contributed by atoms with Crippen LogP contribution in [0.15, 0.2) is 0 Å². The minimum atomic E-state index is 0.468. The van der Waals surface area contributed by atoms with E-state index in [1.165, 1.54) is 38.5 Å². The van der Waals surface area contributed by atoms with Crippen LogP contribution in [0.25, 0.3) is 0 Å². The van der Waals surface area contributed by atoms with E-state index in [0.717, 1.165) is 30.0 Å². The second kappa shape index (κ2) is 7.17. The standard InChI is InChI=1S/C13H23IO2/c14-12-5-3-1-2-4-6-13(12)16-11-7-9-15-10-8-11/h11-13H,1-10H2. The van der Waals surface area contributed by atoms with Gasteiger partial charge in [-0.1, -0.05) is 48.3 Å². The predicted molar refractivity (Wildman–Crippen MR) is 74.2 cm³/mol. The van der Waals surface area contributed by atoms with Gasteiger partial charge in [0.2, 0.25) is 0 Å². The number of halogens is 1. The lowest BCUT2D eigenvalue weighted by atomic mass is 9.98. The zero-order chi connectivity index (χ0) is 11.2. The van der Waals surface area contributed by atoms with Crippen LogP contribution in [0.1, 0.15) is 51.4 Å². The van der Waals surface area contributed by atoms with Crippen molar-refractivity contribution in [1.82, 2.24) is 0 Å². The third-order valence-electron chi connectivity index (χ3n) is 3.66. The minimum absolute atomic E-state index is 0.468. The zero-order valence-electron chi connectivity index (χ0n) is 10.00. The second-order valence-electron chi connectivity index (χ2n) is 4.99. The fourth-order valence-electron chi connectivity index (χ4n) is 2.62. The lowest BCUT2D eigenvalue weighted by Crippen LogP contribution is -2.33. The van der Waals surface area contributed by atoms with Crippen LogP contribution < -0.4 is 0 Å². The summed E-state index contributed by atoms with van der Waals surface area (Å²) in [7, 11) is 0. The highest BCUT2D eigenvalue weighted by Crippen LogP contribution is 2.28. The maximum atomic E-state index is 6.29. The summed E-state index contributed by atoms with van der Waals surface area (Å²) in [6.07, 6.45) is 11.3. The predicted octanol–water partition coefficient (Wildman–Crippen LogP) is 3.71. The van der Waals surface area contributed by atoms with Gasteiger partial charge >= 0.3 is 0 Å². The topological polar surface area (TPSA) is 18.5 Å². The van der Waals surface area contributed by atoms with Crippen molar-refractivity contribution < 1.29 is 9.47 Å². The van der Waals surface area contributed by atoms with Crippen molar-refractivity contribution in [3.05, 3.63) is 0 Å². The molecule has 2 rings (SSSR count). The summed E-state index contributed by atoms with van der Waals surface area (Å²) in [5.74, 6) is 0. The van der Waals surface area contributed by atoms with Crippen LogP contribution in [0.3, 0.4) is 0 Å². The van der Waals surface area contributed by atoms with E-state index in [2.05, 4.69) is 22.6 Å². The molecule has 1 saturated carbocycles. The van der Waals surface area contributed by atoms with Crippen molar-refractivity contribution in [2.75, 3.05) is 13.2 Å². The fourth-order valence-corrected chi connectivity index (χ4v) is 3.59. The third-order valence-corrected chi connectivity index (χ3v) is 5.08. The van der Waals surface area contributed by atoms with E-state index in [-0.39, 0.29) is 0 Å². The van der Waals surface area contributed by atoms with Gasteiger partial charge in [-0.3, -0.25) is 0 Å². The zero-order valence-corrected chi connectivity index (χ0v) is 12.2. The molecule has 0 aromatic rings. The summed E-state index contributed by atoms with van der Waals surface area (Å²) in [5.41, 5.74) is 0. The van der Waals surface area contributed by atoms with Crippen molar-refractivity contribution in [2.45, 2.75) is 67.5 Å². The fraction of sp³-hybridized carbons (Fsp3) is 1.00. The Balaban J connectivity index is 1.79. The van der Waals surface area contributed by atoms with Crippen molar-refractivity contribution in [3.8, 4) is 0 Å². The first-order valence-electron chi connectivity index (χ1n) is 6.73. The highest BCUT2D eigenvalue weighted by molar-refractivity contribution is 14.1. The van der Waals surface area contributed by atoms with Crippen LogP contribution in [0.2, 0.25) is 0 Å². The minimum Gasteiger partial charge on any atom is -0.381 e. The number of hydrogen-bond acceptors (Lipinski definition) is 2. The molecule has 0 aromatic heterocycles. The summed E-state index contributed by atoms with van der Waals surface area (Å²) in [5, 5.41) is 0. The van der Waals surface area contributed by atoms with Gasteiger partial charge in [0.05, 0.1) is 12.2 Å². The second-order valence-corrected chi connectivity index (χ2v) is 6.59. The molecule has 3 heteroatoms. The highest BCUT2D eigenvalue weighted by atomic mass is 127. The van der Waals surface area contributed by atoms with E-state index in [1.54, 1.807) is 0 Å². The van der Waals surface area contributed by atoms with Gasteiger partial charge < -0.3 is 9.47 Å². The molecule has 1 heterocycles. The van der Waals surface area contributed by atoms with Crippen LogP contribution in [0.5, 0.6) is 0 Å². The monoisotopic (exact) mass is 338 g/mol. The van der Waals surface area contributed by atoms with Gasteiger partial charge in [-0.15, -0.1) is 0 Å². The molecule has 2 aliphatic rings. The molecule has 1 aliphatic heterocycles. The molecule has 2 unspecified atom stereocenters. The Morgan fingerprint density at radius 3 is 2.31 bits per heavy atom. The molecule has 0 spiro atoms. The van der Waals surface area contributed by atoms with Gasteiger partial charge in [-0.2, -0.15) is 0 Å².